The lowest BCUT2D eigenvalue weighted by atomic mass is 10.3. The maximum Gasteiger partial charge on any atom is 0.383 e. The number of carbonyl (C=O) groups is 1. The Kier molecular flexibility index (Phi) is 4.95. The van der Waals surface area contributed by atoms with Crippen molar-refractivity contribution in [3.8, 4) is 0 Å². The summed E-state index contributed by atoms with van der Waals surface area (Å²) in [7, 11) is 2.04. The van der Waals surface area contributed by atoms with E-state index in [1.165, 1.54) is 34.5 Å². The van der Waals surface area contributed by atoms with Crippen LogP contribution < -0.4 is 0 Å². The van der Waals surface area contributed by atoms with Gasteiger partial charge in [-0.3, -0.25) is 4.57 Å². The zero-order chi connectivity index (χ0) is 13.8. The van der Waals surface area contributed by atoms with Crippen LogP contribution in [-0.2, 0) is 32.6 Å². The van der Waals surface area contributed by atoms with E-state index in [1.54, 1.807) is 0 Å². The number of ether oxygens (including phenoxy) is 3. The molecule has 0 saturated heterocycles. The highest BCUT2D eigenvalue weighted by molar-refractivity contribution is 7.54. The van der Waals surface area contributed by atoms with Gasteiger partial charge in [0.15, 0.2) is 5.76 Å². The van der Waals surface area contributed by atoms with Crippen LogP contribution in [0.3, 0.4) is 0 Å². The Hall–Kier alpha value is -1.30. The van der Waals surface area contributed by atoms with E-state index in [9.17, 15) is 9.36 Å². The Labute approximate surface area is 105 Å². The van der Waals surface area contributed by atoms with Crippen molar-refractivity contribution in [1.29, 1.82) is 0 Å². The van der Waals surface area contributed by atoms with Crippen molar-refractivity contribution in [2.45, 2.75) is 0 Å². The summed E-state index contributed by atoms with van der Waals surface area (Å²) in [5.41, 5.74) is 0. The maximum absolute atomic E-state index is 11.8. The van der Waals surface area contributed by atoms with Crippen LogP contribution in [0.15, 0.2) is 23.4 Å². The first-order valence-corrected chi connectivity index (χ1v) is 6.69. The molecule has 0 aliphatic carbocycles. The Morgan fingerprint density at radius 3 is 2.11 bits per heavy atom. The number of cyclic esters (lactones) is 1. The summed E-state index contributed by atoms with van der Waals surface area (Å²) in [6.07, 6.45) is 1.35. The van der Waals surface area contributed by atoms with Crippen molar-refractivity contribution in [3.63, 3.8) is 0 Å². The van der Waals surface area contributed by atoms with Crippen LogP contribution in [0.2, 0.25) is 0 Å². The minimum atomic E-state index is -3.21. The van der Waals surface area contributed by atoms with Gasteiger partial charge in [-0.25, -0.2) is 4.79 Å². The summed E-state index contributed by atoms with van der Waals surface area (Å²) >= 11 is 0. The molecule has 1 rings (SSSR count). The van der Waals surface area contributed by atoms with Crippen molar-refractivity contribution in [2.75, 3.05) is 34.6 Å². The molecule has 0 N–H and O–H groups in total. The van der Waals surface area contributed by atoms with E-state index in [0.717, 1.165) is 0 Å². The van der Waals surface area contributed by atoms with Gasteiger partial charge in [0.2, 0.25) is 5.76 Å². The first kappa shape index (κ1) is 14.8. The molecule has 1 aliphatic rings. The lowest BCUT2D eigenvalue weighted by Gasteiger charge is -2.11. The fourth-order valence-corrected chi connectivity index (χ4v) is 2.16. The molecule has 0 atom stereocenters. The number of methoxy groups -OCH3 is 2. The number of allylic oxidation sites excluding steroid dienone is 1. The van der Waals surface area contributed by atoms with Gasteiger partial charge in [-0.05, 0) is 6.08 Å². The third-order valence-electron chi connectivity index (χ3n) is 2.28. The van der Waals surface area contributed by atoms with E-state index >= 15 is 0 Å². The molecule has 8 heteroatoms. The third kappa shape index (κ3) is 2.93. The number of esters is 1. The lowest BCUT2D eigenvalue weighted by Crippen LogP contribution is -2.00. The maximum atomic E-state index is 11.8. The van der Waals surface area contributed by atoms with E-state index in [1.807, 2.05) is 0 Å². The van der Waals surface area contributed by atoms with Crippen molar-refractivity contribution in [1.82, 2.24) is 0 Å². The standard InChI is InChI=1S/C10H15O7P/c1-13-8-7(17-10(11)9(8)14-2)5-6-18(12,15-3)16-4/h5H,6H2,1-4H3/b7-5-. The minimum absolute atomic E-state index is 0.0339. The molecular weight excluding hydrogens is 263 g/mol. The van der Waals surface area contributed by atoms with Gasteiger partial charge in [0.25, 0.3) is 5.76 Å². The van der Waals surface area contributed by atoms with Crippen molar-refractivity contribution in [2.24, 2.45) is 0 Å². The van der Waals surface area contributed by atoms with Crippen LogP contribution in [0.5, 0.6) is 0 Å². The highest BCUT2D eigenvalue weighted by Crippen LogP contribution is 2.46. The molecule has 102 valence electrons. The molecule has 0 radical (unpaired) electrons. The number of hydrogen-bond donors (Lipinski definition) is 0. The van der Waals surface area contributed by atoms with Gasteiger partial charge >= 0.3 is 13.6 Å². The van der Waals surface area contributed by atoms with Gasteiger partial charge in [-0.1, -0.05) is 0 Å². The highest BCUT2D eigenvalue weighted by atomic mass is 31.2. The quantitative estimate of drug-likeness (QED) is 0.536. The number of carbonyl (C=O) groups excluding carboxylic acids is 1. The minimum Gasteiger partial charge on any atom is -0.490 e. The van der Waals surface area contributed by atoms with Crippen LogP contribution in [0.25, 0.3) is 0 Å². The topological polar surface area (TPSA) is 80.3 Å². The molecule has 0 spiro atoms. The normalized spacial score (nSPS) is 18.2. The van der Waals surface area contributed by atoms with Gasteiger partial charge in [0.05, 0.1) is 20.4 Å². The molecule has 0 amide bonds. The second kappa shape index (κ2) is 6.04. The molecule has 0 saturated carbocycles. The smallest absolute Gasteiger partial charge is 0.383 e. The molecule has 0 bridgehead atoms. The summed E-state index contributed by atoms with van der Waals surface area (Å²) in [5.74, 6) is -0.409. The number of hydrogen-bond acceptors (Lipinski definition) is 7. The van der Waals surface area contributed by atoms with Gasteiger partial charge in [-0.15, -0.1) is 0 Å². The average molecular weight is 278 g/mol. The van der Waals surface area contributed by atoms with Crippen LogP contribution in [0, 0.1) is 0 Å². The highest BCUT2D eigenvalue weighted by Gasteiger charge is 2.33. The predicted octanol–water partition coefficient (Wildman–Crippen LogP) is 1.42. The zero-order valence-corrected chi connectivity index (χ0v) is 11.5. The van der Waals surface area contributed by atoms with Crippen molar-refractivity contribution < 1.29 is 32.6 Å². The second-order valence-corrected chi connectivity index (χ2v) is 5.50. The molecule has 1 heterocycles. The zero-order valence-electron chi connectivity index (χ0n) is 10.6. The first-order chi connectivity index (χ1) is 8.51. The molecule has 0 aromatic rings. The molecule has 1 aliphatic heterocycles. The fraction of sp³-hybridized carbons (Fsp3) is 0.500. The van der Waals surface area contributed by atoms with Crippen molar-refractivity contribution in [3.05, 3.63) is 23.4 Å². The Morgan fingerprint density at radius 2 is 1.67 bits per heavy atom. The summed E-state index contributed by atoms with van der Waals surface area (Å²) in [6, 6.07) is 0. The molecule has 18 heavy (non-hydrogen) atoms. The summed E-state index contributed by atoms with van der Waals surface area (Å²) < 4.78 is 36.1. The van der Waals surface area contributed by atoms with Crippen LogP contribution in [-0.4, -0.2) is 40.6 Å². The van der Waals surface area contributed by atoms with Gasteiger partial charge in [-0.2, -0.15) is 0 Å². The van der Waals surface area contributed by atoms with E-state index in [2.05, 4.69) is 0 Å². The Morgan fingerprint density at radius 1 is 1.11 bits per heavy atom. The third-order valence-corrected chi connectivity index (χ3v) is 4.03. The lowest BCUT2D eigenvalue weighted by molar-refractivity contribution is -0.136. The van der Waals surface area contributed by atoms with Crippen LogP contribution >= 0.6 is 7.60 Å². The van der Waals surface area contributed by atoms with E-state index in [0.29, 0.717) is 0 Å². The number of rotatable bonds is 6. The van der Waals surface area contributed by atoms with Crippen molar-refractivity contribution >= 4 is 13.6 Å². The van der Waals surface area contributed by atoms with E-state index in [-0.39, 0.29) is 23.4 Å². The average Bonchev–Trinajstić information content (AvgIpc) is 2.71. The molecule has 0 aromatic heterocycles. The van der Waals surface area contributed by atoms with E-state index < -0.39 is 13.6 Å². The predicted molar refractivity (Wildman–Crippen MR) is 61.7 cm³/mol. The molecule has 0 aromatic carbocycles. The first-order valence-electron chi connectivity index (χ1n) is 4.96. The Balaban J connectivity index is 2.95. The largest absolute Gasteiger partial charge is 0.490 e. The van der Waals surface area contributed by atoms with E-state index in [4.69, 9.17) is 23.3 Å². The SMILES string of the molecule is COC1=C(OC)/C(=C/CP(=O)(OC)OC)OC1=O. The second-order valence-electron chi connectivity index (χ2n) is 3.18. The van der Waals surface area contributed by atoms with Crippen LogP contribution in [0.1, 0.15) is 0 Å². The van der Waals surface area contributed by atoms with Gasteiger partial charge in [0, 0.05) is 14.2 Å². The molecule has 0 unspecified atom stereocenters. The fourth-order valence-electron chi connectivity index (χ4n) is 1.32. The molecular formula is C10H15O7P. The summed E-state index contributed by atoms with van der Waals surface area (Å²) in [5, 5.41) is 0. The summed E-state index contributed by atoms with van der Waals surface area (Å²) in [4.78, 5) is 11.4. The monoisotopic (exact) mass is 278 g/mol. The Bertz CT molecular complexity index is 430. The van der Waals surface area contributed by atoms with Gasteiger partial charge < -0.3 is 23.3 Å². The van der Waals surface area contributed by atoms with Gasteiger partial charge in [0.1, 0.15) is 0 Å². The molecule has 0 fully saturated rings. The summed E-state index contributed by atoms with van der Waals surface area (Å²) in [6.45, 7) is 0. The van der Waals surface area contributed by atoms with Crippen LogP contribution in [0.4, 0.5) is 0 Å². The molecule has 7 nitrogen and oxygen atoms in total.